The summed E-state index contributed by atoms with van der Waals surface area (Å²) in [6.45, 7) is 3.04. The Hall–Kier alpha value is -2.41. The van der Waals surface area contributed by atoms with E-state index in [1.165, 1.54) is 11.0 Å². The number of hydrogen-bond donors (Lipinski definition) is 2. The van der Waals surface area contributed by atoms with Crippen LogP contribution in [0.2, 0.25) is 0 Å². The number of nitriles is 1. The van der Waals surface area contributed by atoms with Gasteiger partial charge in [-0.25, -0.2) is 19.8 Å². The molecular formula is C14H17N7O6S. The summed E-state index contributed by atoms with van der Waals surface area (Å²) in [7, 11) is -4.17. The molecule has 28 heavy (non-hydrogen) atoms. The number of anilines is 1. The van der Waals surface area contributed by atoms with Gasteiger partial charge < -0.3 is 19.9 Å². The second kappa shape index (κ2) is 6.30. The summed E-state index contributed by atoms with van der Waals surface area (Å²) in [6, 6.07) is 1.95. The Morgan fingerprint density at radius 3 is 2.75 bits per heavy atom. The van der Waals surface area contributed by atoms with Gasteiger partial charge in [-0.15, -0.1) is 0 Å². The first-order valence-electron chi connectivity index (χ1n) is 8.16. The van der Waals surface area contributed by atoms with Crippen LogP contribution in [-0.2, 0) is 28.7 Å². The van der Waals surface area contributed by atoms with E-state index in [4.69, 9.17) is 25.1 Å². The summed E-state index contributed by atoms with van der Waals surface area (Å²) in [5, 5.41) is 18.8. The summed E-state index contributed by atoms with van der Waals surface area (Å²) < 4.78 is 46.0. The predicted molar refractivity (Wildman–Crippen MR) is 91.2 cm³/mol. The largest absolute Gasteiger partial charge is 0.383 e. The third-order valence-electron chi connectivity index (χ3n) is 4.39. The van der Waals surface area contributed by atoms with E-state index >= 15 is 0 Å². The monoisotopic (exact) mass is 411 g/mol. The van der Waals surface area contributed by atoms with Gasteiger partial charge in [0.1, 0.15) is 36.5 Å². The highest BCUT2D eigenvalue weighted by Gasteiger charge is 2.56. The number of ether oxygens (including phenoxy) is 3. The van der Waals surface area contributed by atoms with Crippen LogP contribution in [0.15, 0.2) is 6.33 Å². The minimum atomic E-state index is -4.17. The van der Waals surface area contributed by atoms with Crippen LogP contribution in [0.4, 0.5) is 5.82 Å². The number of aromatic nitrogens is 4. The number of nitrogens with zero attached hydrogens (tertiary/aromatic N) is 5. The van der Waals surface area contributed by atoms with E-state index in [1.54, 1.807) is 13.8 Å². The van der Waals surface area contributed by atoms with E-state index in [9.17, 15) is 13.7 Å². The van der Waals surface area contributed by atoms with Gasteiger partial charge >= 0.3 is 10.3 Å². The normalized spacial score (nSPS) is 29.1. The molecule has 2 aliphatic rings. The number of nitrogen functional groups attached to an aromatic ring is 1. The highest BCUT2D eigenvalue weighted by atomic mass is 32.2. The van der Waals surface area contributed by atoms with Gasteiger partial charge in [-0.2, -0.15) is 18.8 Å². The van der Waals surface area contributed by atoms with Gasteiger partial charge in [-0.1, -0.05) is 0 Å². The topological polar surface area (TPSA) is 190 Å². The van der Waals surface area contributed by atoms with E-state index in [0.717, 1.165) is 0 Å². The molecule has 2 aromatic heterocycles. The van der Waals surface area contributed by atoms with Crippen LogP contribution in [0, 0.1) is 11.3 Å². The first kappa shape index (κ1) is 18.9. The molecule has 2 saturated heterocycles. The van der Waals surface area contributed by atoms with Crippen molar-refractivity contribution in [2.45, 2.75) is 44.2 Å². The van der Waals surface area contributed by atoms with Crippen LogP contribution in [0.5, 0.6) is 0 Å². The van der Waals surface area contributed by atoms with Gasteiger partial charge in [0, 0.05) is 0 Å². The molecule has 150 valence electrons. The van der Waals surface area contributed by atoms with Crippen molar-refractivity contribution in [2.24, 2.45) is 5.14 Å². The Bertz CT molecular complexity index is 1080. The smallest absolute Gasteiger partial charge is 0.333 e. The molecule has 2 aliphatic heterocycles. The molecule has 0 bridgehead atoms. The highest BCUT2D eigenvalue weighted by molar-refractivity contribution is 7.84. The molecule has 0 aliphatic carbocycles. The Morgan fingerprint density at radius 2 is 2.07 bits per heavy atom. The zero-order valence-electron chi connectivity index (χ0n) is 14.8. The van der Waals surface area contributed by atoms with E-state index in [0.29, 0.717) is 0 Å². The lowest BCUT2D eigenvalue weighted by Crippen LogP contribution is -2.34. The Kier molecular flexibility index (Phi) is 4.26. The van der Waals surface area contributed by atoms with Crippen molar-refractivity contribution >= 4 is 27.2 Å². The number of hydrogen-bond acceptors (Lipinski definition) is 11. The first-order valence-corrected chi connectivity index (χ1v) is 9.64. The molecule has 0 spiro atoms. The van der Waals surface area contributed by atoms with Gasteiger partial charge in [-0.3, -0.25) is 4.18 Å². The molecule has 2 fully saturated rings. The molecule has 14 heteroatoms. The molecule has 13 nitrogen and oxygen atoms in total. The van der Waals surface area contributed by atoms with Crippen LogP contribution in [0.3, 0.4) is 0 Å². The van der Waals surface area contributed by atoms with Gasteiger partial charge in [-0.05, 0) is 13.8 Å². The maximum absolute atomic E-state index is 11.2. The molecule has 0 aromatic carbocycles. The lowest BCUT2D eigenvalue weighted by Gasteiger charge is -2.24. The lowest BCUT2D eigenvalue weighted by atomic mass is 10.1. The molecule has 0 amide bonds. The molecule has 2 aromatic rings. The molecule has 4 heterocycles. The summed E-state index contributed by atoms with van der Waals surface area (Å²) in [5.41, 5.74) is 6.16. The van der Waals surface area contributed by atoms with E-state index in [2.05, 4.69) is 19.2 Å². The van der Waals surface area contributed by atoms with Crippen molar-refractivity contribution < 1.29 is 26.8 Å². The quantitative estimate of drug-likeness (QED) is 0.622. The molecule has 0 unspecified atom stereocenters. The van der Waals surface area contributed by atoms with Gasteiger partial charge in [0.25, 0.3) is 0 Å². The fourth-order valence-electron chi connectivity index (χ4n) is 3.40. The zero-order chi connectivity index (χ0) is 20.3. The maximum Gasteiger partial charge on any atom is 0.333 e. The van der Waals surface area contributed by atoms with Crippen LogP contribution in [-0.4, -0.2) is 58.9 Å². The second-order valence-electron chi connectivity index (χ2n) is 6.77. The van der Waals surface area contributed by atoms with Crippen molar-refractivity contribution in [3.05, 3.63) is 12.0 Å². The van der Waals surface area contributed by atoms with Crippen molar-refractivity contribution in [2.75, 3.05) is 12.3 Å². The number of rotatable bonds is 4. The zero-order valence-corrected chi connectivity index (χ0v) is 15.7. The second-order valence-corrected chi connectivity index (χ2v) is 7.99. The fourth-order valence-corrected chi connectivity index (χ4v) is 3.73. The minimum Gasteiger partial charge on any atom is -0.383 e. The van der Waals surface area contributed by atoms with E-state index in [1.807, 2.05) is 6.07 Å². The van der Waals surface area contributed by atoms with E-state index in [-0.39, 0.29) is 29.2 Å². The molecular weight excluding hydrogens is 394 g/mol. The molecule has 4 N–H and O–H groups in total. The lowest BCUT2D eigenvalue weighted by molar-refractivity contribution is -0.200. The SMILES string of the molecule is CC1(C)O[C@@H]2[C@H](O1)[C@@H](COS(N)(=O)=O)O[C@H]2n1nc(C#N)c2c(N)ncnc21. The van der Waals surface area contributed by atoms with Crippen LogP contribution in [0.25, 0.3) is 11.0 Å². The Morgan fingerprint density at radius 1 is 1.36 bits per heavy atom. The minimum absolute atomic E-state index is 0.0238. The average molecular weight is 411 g/mol. The van der Waals surface area contributed by atoms with Crippen LogP contribution < -0.4 is 10.9 Å². The Balaban J connectivity index is 1.75. The number of fused-ring (bicyclic) bond motifs is 2. The Labute approximate surface area is 159 Å². The summed E-state index contributed by atoms with van der Waals surface area (Å²) in [4.78, 5) is 8.03. The van der Waals surface area contributed by atoms with Gasteiger partial charge in [0.05, 0.1) is 12.0 Å². The van der Waals surface area contributed by atoms with Crippen LogP contribution in [0.1, 0.15) is 25.8 Å². The molecule has 4 rings (SSSR count). The van der Waals surface area contributed by atoms with Crippen molar-refractivity contribution in [3.8, 4) is 6.07 Å². The third-order valence-corrected chi connectivity index (χ3v) is 4.85. The van der Waals surface area contributed by atoms with Crippen LogP contribution >= 0.6 is 0 Å². The summed E-state index contributed by atoms with van der Waals surface area (Å²) in [5.74, 6) is -0.855. The van der Waals surface area contributed by atoms with Crippen molar-refractivity contribution in [3.63, 3.8) is 0 Å². The predicted octanol–water partition coefficient (Wildman–Crippen LogP) is -1.08. The van der Waals surface area contributed by atoms with Gasteiger partial charge in [0.2, 0.25) is 0 Å². The highest BCUT2D eigenvalue weighted by Crippen LogP contribution is 2.44. The average Bonchev–Trinajstić information content (AvgIpc) is 3.21. The standard InChI is InChI=1S/C14H17N7O6S/c1-14(2)26-9-7(4-24-28(17,22)23)25-13(10(9)27-14)21-12-8(6(3-15)20-21)11(16)18-5-19-12/h5,7,9-10,13H,4H2,1-2H3,(H2,16,18,19)(H2,17,22,23)/t7-,9-,10-,13-/m1/s1. The van der Waals surface area contributed by atoms with Crippen molar-refractivity contribution in [1.82, 2.24) is 19.7 Å². The summed E-state index contributed by atoms with van der Waals surface area (Å²) in [6.07, 6.45) is -1.79. The fraction of sp³-hybridized carbons (Fsp3) is 0.571. The summed E-state index contributed by atoms with van der Waals surface area (Å²) >= 11 is 0. The van der Waals surface area contributed by atoms with Crippen molar-refractivity contribution in [1.29, 1.82) is 5.26 Å². The molecule has 0 radical (unpaired) electrons. The molecule has 0 saturated carbocycles. The maximum atomic E-state index is 11.2. The molecule has 4 atom stereocenters. The first-order chi connectivity index (χ1) is 13.1. The third kappa shape index (κ3) is 3.17. The van der Waals surface area contributed by atoms with Gasteiger partial charge in [0.15, 0.2) is 23.4 Å². The van der Waals surface area contributed by atoms with E-state index < -0.39 is 40.6 Å². The number of nitrogens with two attached hydrogens (primary N) is 2.